The first-order chi connectivity index (χ1) is 13.7. The van der Waals surface area contributed by atoms with Gasteiger partial charge in [-0.3, -0.25) is 4.79 Å². The first-order valence-electron chi connectivity index (χ1n) is 9.99. The van der Waals surface area contributed by atoms with Crippen LogP contribution in [-0.2, 0) is 4.79 Å². The lowest BCUT2D eigenvalue weighted by molar-refractivity contribution is -0.132. The maximum Gasteiger partial charge on any atom is 0.231 e. The molecule has 2 fully saturated rings. The molecular weight excluding hydrogens is 397 g/mol. The highest BCUT2D eigenvalue weighted by atomic mass is 35.5. The summed E-state index contributed by atoms with van der Waals surface area (Å²) < 4.78 is 18.9. The number of aromatic nitrogens is 2. The fourth-order valence-electron chi connectivity index (χ4n) is 3.93. The molecule has 1 aromatic carbocycles. The Hall–Kier alpha value is -2.03. The smallest absolute Gasteiger partial charge is 0.231 e. The van der Waals surface area contributed by atoms with Crippen LogP contribution in [0.1, 0.15) is 31.1 Å². The second-order valence-corrected chi connectivity index (χ2v) is 7.49. The molecule has 1 amide bonds. The quantitative estimate of drug-likeness (QED) is 0.795. The Morgan fingerprint density at radius 1 is 1.28 bits per heavy atom. The standard InChI is InChI=1S/C20H26FN5O2.ClH/c21-17-5-1-3-15(13-17)19-23-20(28-24-19)16-4-2-9-25(14-16)10-6-18(27)26-11-7-22-8-12-26;/h1,3,5,13,16,22H,2,4,6-12,14H2;1H. The van der Waals surface area contributed by atoms with Gasteiger partial charge in [0.1, 0.15) is 5.82 Å². The second kappa shape index (κ2) is 10.1. The van der Waals surface area contributed by atoms with Gasteiger partial charge in [-0.2, -0.15) is 4.98 Å². The zero-order valence-electron chi connectivity index (χ0n) is 16.3. The van der Waals surface area contributed by atoms with Crippen molar-refractivity contribution in [3.8, 4) is 11.4 Å². The van der Waals surface area contributed by atoms with Crippen LogP contribution in [-0.4, -0.2) is 71.7 Å². The lowest BCUT2D eigenvalue weighted by atomic mass is 9.98. The van der Waals surface area contributed by atoms with Crippen LogP contribution in [0.25, 0.3) is 11.4 Å². The van der Waals surface area contributed by atoms with Gasteiger partial charge in [-0.15, -0.1) is 12.4 Å². The fraction of sp³-hybridized carbons (Fsp3) is 0.550. The third-order valence-electron chi connectivity index (χ3n) is 5.49. The van der Waals surface area contributed by atoms with Crippen molar-refractivity contribution in [3.05, 3.63) is 36.0 Å². The molecule has 1 N–H and O–H groups in total. The Balaban J connectivity index is 0.00000240. The van der Waals surface area contributed by atoms with Gasteiger partial charge in [0.05, 0.1) is 5.92 Å². The second-order valence-electron chi connectivity index (χ2n) is 7.49. The van der Waals surface area contributed by atoms with Crippen molar-refractivity contribution in [2.75, 3.05) is 45.8 Å². The lowest BCUT2D eigenvalue weighted by Crippen LogP contribution is -2.47. The molecule has 29 heavy (non-hydrogen) atoms. The normalized spacial score (nSPS) is 20.3. The number of nitrogens with zero attached hydrogens (tertiary/aromatic N) is 4. The Morgan fingerprint density at radius 2 is 2.10 bits per heavy atom. The zero-order valence-corrected chi connectivity index (χ0v) is 17.2. The molecule has 1 atom stereocenters. The number of piperidine rings is 1. The van der Waals surface area contributed by atoms with Gasteiger partial charge in [-0.05, 0) is 31.5 Å². The van der Waals surface area contributed by atoms with Gasteiger partial charge in [0.25, 0.3) is 0 Å². The number of hydrogen-bond acceptors (Lipinski definition) is 6. The Morgan fingerprint density at radius 3 is 2.90 bits per heavy atom. The average molecular weight is 424 g/mol. The van der Waals surface area contributed by atoms with Gasteiger partial charge in [0.2, 0.25) is 17.6 Å². The molecule has 2 aliphatic rings. The molecule has 0 bridgehead atoms. The molecular formula is C20H27ClFN5O2. The van der Waals surface area contributed by atoms with Crippen molar-refractivity contribution >= 4 is 18.3 Å². The third kappa shape index (κ3) is 5.52. The molecule has 0 aliphatic carbocycles. The maximum atomic E-state index is 13.4. The summed E-state index contributed by atoms with van der Waals surface area (Å²) in [5.41, 5.74) is 0.615. The molecule has 9 heteroatoms. The van der Waals surface area contributed by atoms with Crippen LogP contribution < -0.4 is 5.32 Å². The molecule has 2 aliphatic heterocycles. The van der Waals surface area contributed by atoms with Crippen molar-refractivity contribution < 1.29 is 13.7 Å². The lowest BCUT2D eigenvalue weighted by Gasteiger charge is -2.32. The van der Waals surface area contributed by atoms with E-state index in [-0.39, 0.29) is 30.0 Å². The number of rotatable bonds is 5. The van der Waals surface area contributed by atoms with Gasteiger partial charge in [0, 0.05) is 51.3 Å². The number of piperazine rings is 1. The summed E-state index contributed by atoms with van der Waals surface area (Å²) in [6.07, 6.45) is 2.56. The number of carbonyl (C=O) groups is 1. The van der Waals surface area contributed by atoms with Crippen LogP contribution in [0.4, 0.5) is 4.39 Å². The van der Waals surface area contributed by atoms with Crippen LogP contribution in [0.15, 0.2) is 28.8 Å². The molecule has 7 nitrogen and oxygen atoms in total. The minimum atomic E-state index is -0.318. The van der Waals surface area contributed by atoms with Crippen molar-refractivity contribution in [1.29, 1.82) is 0 Å². The van der Waals surface area contributed by atoms with Crippen LogP contribution in [0.5, 0.6) is 0 Å². The summed E-state index contributed by atoms with van der Waals surface area (Å²) in [5, 5.41) is 7.29. The van der Waals surface area contributed by atoms with Gasteiger partial charge < -0.3 is 19.6 Å². The highest BCUT2D eigenvalue weighted by molar-refractivity contribution is 5.85. The summed E-state index contributed by atoms with van der Waals surface area (Å²) in [5.74, 6) is 1.08. The van der Waals surface area contributed by atoms with Crippen molar-refractivity contribution in [3.63, 3.8) is 0 Å². The minimum Gasteiger partial charge on any atom is -0.340 e. The number of carbonyl (C=O) groups excluding carboxylic acids is 1. The molecule has 2 saturated heterocycles. The molecule has 1 aromatic heterocycles. The van der Waals surface area contributed by atoms with E-state index >= 15 is 0 Å². The predicted octanol–water partition coefficient (Wildman–Crippen LogP) is 2.30. The van der Waals surface area contributed by atoms with Crippen LogP contribution in [0.2, 0.25) is 0 Å². The van der Waals surface area contributed by atoms with E-state index in [2.05, 4.69) is 20.4 Å². The van der Waals surface area contributed by atoms with Crippen molar-refractivity contribution in [2.24, 2.45) is 0 Å². The Labute approximate surface area is 176 Å². The van der Waals surface area contributed by atoms with E-state index in [1.54, 1.807) is 12.1 Å². The minimum absolute atomic E-state index is 0. The molecule has 0 saturated carbocycles. The number of hydrogen-bond donors (Lipinski definition) is 1. The summed E-state index contributed by atoms with van der Waals surface area (Å²) in [6.45, 7) is 5.89. The summed E-state index contributed by atoms with van der Waals surface area (Å²) in [4.78, 5) is 21.1. The maximum absolute atomic E-state index is 13.4. The summed E-state index contributed by atoms with van der Waals surface area (Å²) >= 11 is 0. The first-order valence-corrected chi connectivity index (χ1v) is 9.99. The van der Waals surface area contributed by atoms with Crippen molar-refractivity contribution in [1.82, 2.24) is 25.3 Å². The molecule has 0 spiro atoms. The molecule has 3 heterocycles. The van der Waals surface area contributed by atoms with E-state index in [1.165, 1.54) is 12.1 Å². The number of likely N-dealkylation sites (tertiary alicyclic amines) is 1. The Kier molecular flexibility index (Phi) is 7.57. The predicted molar refractivity (Wildman–Crippen MR) is 109 cm³/mol. The first kappa shape index (κ1) is 21.7. The van der Waals surface area contributed by atoms with Crippen molar-refractivity contribution in [2.45, 2.75) is 25.2 Å². The van der Waals surface area contributed by atoms with Gasteiger partial charge in [-0.25, -0.2) is 4.39 Å². The molecule has 158 valence electrons. The van der Waals surface area contributed by atoms with E-state index < -0.39 is 0 Å². The summed E-state index contributed by atoms with van der Waals surface area (Å²) in [6, 6.07) is 6.21. The third-order valence-corrected chi connectivity index (χ3v) is 5.49. The number of halogens is 2. The Bertz CT molecular complexity index is 812. The molecule has 2 aromatic rings. The number of benzene rings is 1. The largest absolute Gasteiger partial charge is 0.340 e. The highest BCUT2D eigenvalue weighted by Crippen LogP contribution is 2.27. The number of nitrogens with one attached hydrogen (secondary N) is 1. The SMILES string of the molecule is Cl.O=C(CCN1CCCC(c2nc(-c3cccc(F)c3)no2)C1)N1CCNCC1. The van der Waals surface area contributed by atoms with E-state index in [9.17, 15) is 9.18 Å². The zero-order chi connectivity index (χ0) is 19.3. The molecule has 0 radical (unpaired) electrons. The van der Waals surface area contributed by atoms with Gasteiger partial charge in [-0.1, -0.05) is 17.3 Å². The molecule has 1 unspecified atom stereocenters. The monoisotopic (exact) mass is 423 g/mol. The van der Waals surface area contributed by atoms with E-state index in [0.29, 0.717) is 23.7 Å². The van der Waals surface area contributed by atoms with Crippen LogP contribution in [0, 0.1) is 5.82 Å². The molecule has 4 rings (SSSR count). The number of amides is 1. The highest BCUT2D eigenvalue weighted by Gasteiger charge is 2.27. The summed E-state index contributed by atoms with van der Waals surface area (Å²) in [7, 11) is 0. The fourth-order valence-corrected chi connectivity index (χ4v) is 3.93. The topological polar surface area (TPSA) is 74.5 Å². The van der Waals surface area contributed by atoms with Gasteiger partial charge in [0.15, 0.2) is 0 Å². The van der Waals surface area contributed by atoms with Gasteiger partial charge >= 0.3 is 0 Å². The van der Waals surface area contributed by atoms with Crippen LogP contribution >= 0.6 is 12.4 Å². The van der Waals surface area contributed by atoms with E-state index in [1.807, 2.05) is 4.90 Å². The van der Waals surface area contributed by atoms with E-state index in [0.717, 1.165) is 58.7 Å². The van der Waals surface area contributed by atoms with E-state index in [4.69, 9.17) is 4.52 Å². The average Bonchev–Trinajstić information content (AvgIpc) is 3.23. The van der Waals surface area contributed by atoms with Crippen LogP contribution in [0.3, 0.4) is 0 Å².